The lowest BCUT2D eigenvalue weighted by Gasteiger charge is -2.06. The van der Waals surface area contributed by atoms with Crippen molar-refractivity contribution >= 4 is 22.2 Å². The van der Waals surface area contributed by atoms with Gasteiger partial charge in [-0.25, -0.2) is 8.78 Å². The van der Waals surface area contributed by atoms with Crippen molar-refractivity contribution in [1.29, 1.82) is 5.26 Å². The molecule has 0 aliphatic rings. The second kappa shape index (κ2) is 5.59. The highest BCUT2D eigenvalue weighted by molar-refractivity contribution is 6.53. The molecule has 0 aliphatic carbocycles. The van der Waals surface area contributed by atoms with Crippen molar-refractivity contribution in [3.8, 4) is 6.07 Å². The number of halogens is 3. The van der Waals surface area contributed by atoms with Gasteiger partial charge in [-0.3, -0.25) is 4.98 Å². The molecule has 0 radical (unpaired) electrons. The molecule has 0 aliphatic heterocycles. The molecule has 0 atom stereocenters. The summed E-state index contributed by atoms with van der Waals surface area (Å²) in [6, 6.07) is 8.34. The molecule has 2 aromatic rings. The number of hydrogen-bond donors (Lipinski definition) is 0. The molecule has 1 aromatic heterocycles. The van der Waals surface area contributed by atoms with E-state index in [-0.39, 0.29) is 10.6 Å². The molecule has 1 heterocycles. The molecule has 0 amide bonds. The van der Waals surface area contributed by atoms with E-state index in [1.807, 2.05) is 6.07 Å². The summed E-state index contributed by atoms with van der Waals surface area (Å²) in [6.45, 7) is 0. The first-order valence-corrected chi connectivity index (χ1v) is 5.67. The van der Waals surface area contributed by atoms with Crippen LogP contribution in [0.15, 0.2) is 42.7 Å². The van der Waals surface area contributed by atoms with E-state index >= 15 is 0 Å². The summed E-state index contributed by atoms with van der Waals surface area (Å²) in [5, 5.41) is 8.88. The number of benzene rings is 1. The summed E-state index contributed by atoms with van der Waals surface area (Å²) in [7, 11) is 0. The van der Waals surface area contributed by atoms with Gasteiger partial charge in [-0.05, 0) is 29.8 Å². The molecule has 0 saturated heterocycles. The highest BCUT2D eigenvalue weighted by Crippen LogP contribution is 2.32. The van der Waals surface area contributed by atoms with E-state index in [9.17, 15) is 8.78 Å². The third kappa shape index (κ3) is 2.61. The smallest absolute Gasteiger partial charge is 0.134 e. The van der Waals surface area contributed by atoms with Crippen molar-refractivity contribution in [2.75, 3.05) is 0 Å². The molecule has 0 fully saturated rings. The predicted octanol–water partition coefficient (Wildman–Crippen LogP) is 3.99. The highest BCUT2D eigenvalue weighted by atomic mass is 35.5. The van der Waals surface area contributed by atoms with Crippen LogP contribution in [-0.4, -0.2) is 4.98 Å². The predicted molar refractivity (Wildman–Crippen MR) is 68.9 cm³/mol. The standard InChI is InChI=1S/C14H7ClF2N2/c15-14(13-11(16)2-1-3-12(13)17)10(8-18)9-4-6-19-7-5-9/h1-7H/b14-10+. The van der Waals surface area contributed by atoms with Gasteiger partial charge in [0.1, 0.15) is 17.7 Å². The van der Waals surface area contributed by atoms with Gasteiger partial charge in [-0.2, -0.15) is 5.26 Å². The lowest BCUT2D eigenvalue weighted by atomic mass is 10.0. The number of nitriles is 1. The molecule has 1 aromatic carbocycles. The fourth-order valence-corrected chi connectivity index (χ4v) is 1.92. The van der Waals surface area contributed by atoms with Crippen LogP contribution < -0.4 is 0 Å². The molecule has 0 saturated carbocycles. The minimum absolute atomic E-state index is 0.00642. The van der Waals surface area contributed by atoms with Crippen LogP contribution >= 0.6 is 11.6 Å². The normalized spacial score (nSPS) is 11.7. The number of allylic oxidation sites excluding steroid dienone is 1. The number of rotatable bonds is 2. The van der Waals surface area contributed by atoms with Crippen molar-refractivity contribution in [2.45, 2.75) is 0 Å². The van der Waals surface area contributed by atoms with Crippen LogP contribution in [0.3, 0.4) is 0 Å². The molecule has 5 heteroatoms. The lowest BCUT2D eigenvalue weighted by molar-refractivity contribution is 0.578. The molecule has 2 nitrogen and oxygen atoms in total. The molecule has 0 bridgehead atoms. The fourth-order valence-electron chi connectivity index (χ4n) is 1.59. The first kappa shape index (κ1) is 13.2. The van der Waals surface area contributed by atoms with E-state index in [0.717, 1.165) is 12.1 Å². The van der Waals surface area contributed by atoms with Crippen molar-refractivity contribution in [3.63, 3.8) is 0 Å². The maximum Gasteiger partial charge on any atom is 0.134 e. The average Bonchev–Trinajstić information content (AvgIpc) is 2.40. The van der Waals surface area contributed by atoms with E-state index in [4.69, 9.17) is 16.9 Å². The summed E-state index contributed by atoms with van der Waals surface area (Å²) in [5.41, 5.74) is 0.0377. The molecular weight excluding hydrogens is 270 g/mol. The van der Waals surface area contributed by atoms with Crippen LogP contribution in [0.25, 0.3) is 10.6 Å². The highest BCUT2D eigenvalue weighted by Gasteiger charge is 2.17. The zero-order chi connectivity index (χ0) is 13.8. The molecule has 0 unspecified atom stereocenters. The van der Waals surface area contributed by atoms with E-state index in [2.05, 4.69) is 4.98 Å². The van der Waals surface area contributed by atoms with Gasteiger partial charge in [-0.1, -0.05) is 17.7 Å². The first-order chi connectivity index (χ1) is 9.15. The Morgan fingerprint density at radius 3 is 2.21 bits per heavy atom. The second-order valence-electron chi connectivity index (χ2n) is 3.63. The topological polar surface area (TPSA) is 36.7 Å². The van der Waals surface area contributed by atoms with E-state index in [1.165, 1.54) is 18.5 Å². The number of pyridine rings is 1. The monoisotopic (exact) mass is 276 g/mol. The Labute approximate surface area is 113 Å². The van der Waals surface area contributed by atoms with Crippen molar-refractivity contribution < 1.29 is 8.78 Å². The van der Waals surface area contributed by atoms with Gasteiger partial charge in [0.2, 0.25) is 0 Å². The van der Waals surface area contributed by atoms with Crippen LogP contribution in [0.4, 0.5) is 8.78 Å². The largest absolute Gasteiger partial charge is 0.265 e. The summed E-state index contributed by atoms with van der Waals surface area (Å²) >= 11 is 5.97. The lowest BCUT2D eigenvalue weighted by Crippen LogP contribution is -1.94. The van der Waals surface area contributed by atoms with Gasteiger partial charge in [-0.15, -0.1) is 0 Å². The Balaban J connectivity index is 2.67. The van der Waals surface area contributed by atoms with Crippen molar-refractivity contribution in [1.82, 2.24) is 4.98 Å². The quantitative estimate of drug-likeness (QED) is 0.778. The van der Waals surface area contributed by atoms with Crippen LogP contribution in [0.5, 0.6) is 0 Å². The van der Waals surface area contributed by atoms with Gasteiger partial charge in [0.25, 0.3) is 0 Å². The zero-order valence-corrected chi connectivity index (χ0v) is 10.3. The van der Waals surface area contributed by atoms with Gasteiger partial charge < -0.3 is 0 Å². The second-order valence-corrected chi connectivity index (χ2v) is 4.01. The van der Waals surface area contributed by atoms with E-state index < -0.39 is 17.2 Å². The van der Waals surface area contributed by atoms with Crippen LogP contribution in [0.1, 0.15) is 11.1 Å². The van der Waals surface area contributed by atoms with Gasteiger partial charge in [0.05, 0.1) is 16.2 Å². The summed E-state index contributed by atoms with van der Waals surface area (Å²) in [6.07, 6.45) is 2.93. The summed E-state index contributed by atoms with van der Waals surface area (Å²) in [4.78, 5) is 3.81. The Hall–Kier alpha value is -2.25. The Morgan fingerprint density at radius 2 is 1.68 bits per heavy atom. The summed E-state index contributed by atoms with van der Waals surface area (Å²) < 4.78 is 27.3. The SMILES string of the molecule is N#C/C(=C(\Cl)c1c(F)cccc1F)c1ccncc1. The van der Waals surface area contributed by atoms with Gasteiger partial charge in [0.15, 0.2) is 0 Å². The Kier molecular flexibility index (Phi) is 3.88. The van der Waals surface area contributed by atoms with E-state index in [1.54, 1.807) is 12.1 Å². The molecule has 94 valence electrons. The minimum atomic E-state index is -0.813. The maximum absolute atomic E-state index is 13.6. The maximum atomic E-state index is 13.6. The minimum Gasteiger partial charge on any atom is -0.265 e. The molecule has 0 N–H and O–H groups in total. The third-order valence-corrected chi connectivity index (χ3v) is 2.86. The Morgan fingerprint density at radius 1 is 1.11 bits per heavy atom. The first-order valence-electron chi connectivity index (χ1n) is 5.29. The van der Waals surface area contributed by atoms with Crippen molar-refractivity contribution in [2.24, 2.45) is 0 Å². The average molecular weight is 277 g/mol. The van der Waals surface area contributed by atoms with Crippen LogP contribution in [0.2, 0.25) is 0 Å². The zero-order valence-electron chi connectivity index (χ0n) is 9.57. The molecule has 2 rings (SSSR count). The van der Waals surface area contributed by atoms with Gasteiger partial charge in [0, 0.05) is 12.4 Å². The summed E-state index contributed by atoms with van der Waals surface area (Å²) in [5.74, 6) is -1.63. The molecule has 19 heavy (non-hydrogen) atoms. The molecular formula is C14H7ClF2N2. The number of aromatic nitrogens is 1. The van der Waals surface area contributed by atoms with E-state index in [0.29, 0.717) is 5.56 Å². The van der Waals surface area contributed by atoms with Crippen LogP contribution in [-0.2, 0) is 0 Å². The number of hydrogen-bond acceptors (Lipinski definition) is 2. The molecule has 0 spiro atoms. The third-order valence-electron chi connectivity index (χ3n) is 2.48. The number of nitrogens with zero attached hydrogens (tertiary/aromatic N) is 2. The Bertz CT molecular complexity index is 655. The van der Waals surface area contributed by atoms with Gasteiger partial charge >= 0.3 is 0 Å². The van der Waals surface area contributed by atoms with Crippen LogP contribution in [0, 0.1) is 23.0 Å². The fraction of sp³-hybridized carbons (Fsp3) is 0. The van der Waals surface area contributed by atoms with Crippen molar-refractivity contribution in [3.05, 3.63) is 65.5 Å².